The Labute approximate surface area is 443 Å². The lowest BCUT2D eigenvalue weighted by Crippen LogP contribution is -2.43. The molecule has 6 atom stereocenters. The van der Waals surface area contributed by atoms with Gasteiger partial charge >= 0.3 is 0 Å². The molecule has 0 radical (unpaired) electrons. The van der Waals surface area contributed by atoms with Crippen molar-refractivity contribution in [3.63, 3.8) is 0 Å². The number of hydrogen-bond acceptors (Lipinski definition) is 24. The van der Waals surface area contributed by atoms with E-state index in [1.54, 1.807) is 82.2 Å². The Morgan fingerprint density at radius 1 is 0.474 bits per heavy atom. The second kappa shape index (κ2) is 23.8. The molecule has 76 heavy (non-hydrogen) atoms. The summed E-state index contributed by atoms with van der Waals surface area (Å²) in [5, 5.41) is 42.0. The molecular weight excluding hydrogens is 1040 g/mol. The van der Waals surface area contributed by atoms with Crippen LogP contribution in [-0.2, 0) is 14.2 Å². The third-order valence-electron chi connectivity index (χ3n) is 12.0. The molecule has 3 fully saturated rings. The number of nitrogens with one attached hydrogen (secondary N) is 1. The summed E-state index contributed by atoms with van der Waals surface area (Å²) < 4.78 is 34.0. The van der Waals surface area contributed by atoms with Crippen LogP contribution in [0, 0.1) is 54.8 Å². The van der Waals surface area contributed by atoms with Gasteiger partial charge in [0.1, 0.15) is 57.4 Å². The van der Waals surface area contributed by atoms with Crippen LogP contribution < -0.4 is 15.1 Å². The van der Waals surface area contributed by atoms with E-state index in [1.807, 2.05) is 32.9 Å². The number of halogens is 1. The highest BCUT2D eigenvalue weighted by atomic mass is 79.9. The molecule has 1 N–H and O–H groups in total. The predicted molar refractivity (Wildman–Crippen MR) is 275 cm³/mol. The molecule has 3 aliphatic rings. The maximum Gasteiger partial charge on any atom is 0.257 e. The van der Waals surface area contributed by atoms with Gasteiger partial charge in [-0.3, -0.25) is 29.9 Å². The molecule has 0 saturated carbocycles. The molecule has 386 valence electrons. The lowest BCUT2D eigenvalue weighted by Gasteiger charge is -2.37. The minimum atomic E-state index is -0.313. The molecule has 0 bridgehead atoms. The first kappa shape index (κ1) is 52.4. The lowest BCUT2D eigenvalue weighted by atomic mass is 10.1. The summed E-state index contributed by atoms with van der Waals surface area (Å²) in [7, 11) is 0. The van der Waals surface area contributed by atoms with Crippen molar-refractivity contribution >= 4 is 60.4 Å². The molecule has 9 heterocycles. The summed E-state index contributed by atoms with van der Waals surface area (Å²) >= 11 is 3.35. The number of anilines is 2. The van der Waals surface area contributed by atoms with Crippen LogP contribution >= 0.6 is 15.9 Å². The number of rotatable bonds is 5. The standard InChI is InChI=1S/2C17H16N6O2.C9H4BrN3.C8H13N3O2/c2*1-10-8-23(9-14(24-10)17-21-11(2)22-25-17)13-4-3-12(7-18)15-16(13)20-6-5-19-15;10-7-2-1-6(5-11)8-9(7)13-4-3-12-8;1-5-3-9-4-7(12-5)8-10-6(2)11-13-8/h2*3-6,10,14H,8-9H2,1-2H3;1-4H;5,7,9H,3-4H2,1-2H3/t2*10-,14-;;5-,7-/m11.1/s1. The fourth-order valence-corrected chi connectivity index (χ4v) is 9.15. The van der Waals surface area contributed by atoms with Gasteiger partial charge in [-0.1, -0.05) is 15.5 Å². The average molecular weight is 1090 g/mol. The molecule has 12 rings (SSSR count). The average Bonchev–Trinajstić information content (AvgIpc) is 4.22. The topological polar surface area (TPSA) is 312 Å². The van der Waals surface area contributed by atoms with Crippen LogP contribution in [0.3, 0.4) is 0 Å². The molecule has 0 amide bonds. The highest BCUT2D eigenvalue weighted by Crippen LogP contribution is 2.34. The first-order valence-electron chi connectivity index (χ1n) is 24.0. The largest absolute Gasteiger partial charge is 0.364 e. The molecule has 0 unspecified atom stereocenters. The lowest BCUT2D eigenvalue weighted by molar-refractivity contribution is -0.0438. The van der Waals surface area contributed by atoms with Crippen LogP contribution in [-0.4, -0.2) is 118 Å². The van der Waals surface area contributed by atoms with E-state index in [0.29, 0.717) is 106 Å². The maximum absolute atomic E-state index is 9.29. The number of ether oxygens (including phenoxy) is 3. The normalized spacial score (nSPS) is 20.2. The monoisotopic (exact) mass is 1090 g/mol. The van der Waals surface area contributed by atoms with Gasteiger partial charge in [0.05, 0.1) is 59.5 Å². The predicted octanol–water partition coefficient (Wildman–Crippen LogP) is 7.01. The summed E-state index contributed by atoms with van der Waals surface area (Å²) in [5.74, 6) is 3.32. The summed E-state index contributed by atoms with van der Waals surface area (Å²) in [5.41, 5.74) is 7.38. The highest BCUT2D eigenvalue weighted by molar-refractivity contribution is 9.10. The van der Waals surface area contributed by atoms with Crippen molar-refractivity contribution in [2.45, 2.75) is 78.2 Å². The number of fused-ring (bicyclic) bond motifs is 3. The van der Waals surface area contributed by atoms with Crippen molar-refractivity contribution in [1.82, 2.24) is 65.6 Å². The number of benzene rings is 3. The highest BCUT2D eigenvalue weighted by Gasteiger charge is 2.33. The van der Waals surface area contributed by atoms with Crippen LogP contribution in [0.4, 0.5) is 11.4 Å². The molecule has 3 aromatic carbocycles. The summed E-state index contributed by atoms with van der Waals surface area (Å²) in [6.07, 6.45) is 9.09. The molecule has 3 saturated heterocycles. The zero-order valence-electron chi connectivity index (χ0n) is 42.1. The zero-order valence-corrected chi connectivity index (χ0v) is 43.7. The van der Waals surface area contributed by atoms with E-state index in [9.17, 15) is 10.5 Å². The van der Waals surface area contributed by atoms with E-state index < -0.39 is 0 Å². The van der Waals surface area contributed by atoms with Crippen molar-refractivity contribution in [3.8, 4) is 18.2 Å². The Hall–Kier alpha value is -8.51. The minimum Gasteiger partial charge on any atom is -0.364 e. The van der Waals surface area contributed by atoms with Crippen LogP contribution in [0.1, 0.15) is 90.9 Å². The number of aryl methyl sites for hydroxylation is 3. The molecule has 3 aliphatic heterocycles. The summed E-state index contributed by atoms with van der Waals surface area (Å²) in [4.78, 5) is 42.8. The Balaban J connectivity index is 0.000000130. The van der Waals surface area contributed by atoms with Gasteiger partial charge in [-0.25, -0.2) is 0 Å². The molecular formula is C51H49BrN18O6. The zero-order chi connectivity index (χ0) is 53.3. The third-order valence-corrected chi connectivity index (χ3v) is 12.6. The number of aromatic nitrogens is 12. The van der Waals surface area contributed by atoms with E-state index in [1.165, 1.54) is 0 Å². The number of nitriles is 3. The molecule has 24 nitrogen and oxygen atoms in total. The van der Waals surface area contributed by atoms with Crippen molar-refractivity contribution in [1.29, 1.82) is 15.8 Å². The van der Waals surface area contributed by atoms with Gasteiger partial charge in [0.2, 0.25) is 0 Å². The first-order chi connectivity index (χ1) is 36.9. The first-order valence-corrected chi connectivity index (χ1v) is 24.8. The molecule has 6 aromatic heterocycles. The van der Waals surface area contributed by atoms with Gasteiger partial charge in [-0.05, 0) is 93.9 Å². The van der Waals surface area contributed by atoms with Crippen LogP contribution in [0.2, 0.25) is 0 Å². The molecule has 0 spiro atoms. The Morgan fingerprint density at radius 3 is 1.24 bits per heavy atom. The number of nitrogens with zero attached hydrogens (tertiary/aromatic N) is 17. The van der Waals surface area contributed by atoms with Crippen molar-refractivity contribution in [2.75, 3.05) is 49.1 Å². The number of hydrogen-bond donors (Lipinski definition) is 1. The fourth-order valence-electron chi connectivity index (χ4n) is 8.73. The summed E-state index contributed by atoms with van der Waals surface area (Å²) in [6, 6.07) is 17.3. The van der Waals surface area contributed by atoms with Crippen LogP contribution in [0.15, 0.2) is 91.6 Å². The van der Waals surface area contributed by atoms with Gasteiger partial charge in [0.25, 0.3) is 17.7 Å². The fraction of sp³-hybridized carbons (Fsp3) is 0.353. The summed E-state index contributed by atoms with van der Waals surface area (Å²) in [6.45, 7) is 15.5. The van der Waals surface area contributed by atoms with Gasteiger partial charge < -0.3 is 42.9 Å². The van der Waals surface area contributed by atoms with Gasteiger partial charge in [-0.15, -0.1) is 0 Å². The van der Waals surface area contributed by atoms with Crippen LogP contribution in [0.25, 0.3) is 33.1 Å². The van der Waals surface area contributed by atoms with Gasteiger partial charge in [-0.2, -0.15) is 30.7 Å². The van der Waals surface area contributed by atoms with E-state index in [0.717, 1.165) is 34.5 Å². The number of morpholine rings is 3. The van der Waals surface area contributed by atoms with E-state index in [-0.39, 0.29) is 36.6 Å². The van der Waals surface area contributed by atoms with Crippen LogP contribution in [0.5, 0.6) is 0 Å². The molecule has 0 aliphatic carbocycles. The Kier molecular flexibility index (Phi) is 16.4. The second-order valence-electron chi connectivity index (χ2n) is 17.8. The van der Waals surface area contributed by atoms with Crippen molar-refractivity contribution < 1.29 is 27.8 Å². The molecule has 9 aromatic rings. The molecule has 25 heteroatoms. The smallest absolute Gasteiger partial charge is 0.257 e. The van der Waals surface area contributed by atoms with E-state index >= 15 is 0 Å². The third kappa shape index (κ3) is 12.0. The van der Waals surface area contributed by atoms with E-state index in [4.69, 9.17) is 33.0 Å². The SMILES string of the molecule is Cc1noc([C@H]2CN(c3ccc(C#N)c4nccnc34)C[C@@H](C)O2)n1.Cc1noc([C@H]2CN(c3ccc(C#N)c4nccnc34)C[C@@H](C)O2)n1.Cc1noc([C@H]2CNC[C@@H](C)O2)n1.N#Cc1ccc(Br)c2nccnc12. The van der Waals surface area contributed by atoms with E-state index in [2.05, 4.69) is 110 Å². The van der Waals surface area contributed by atoms with Gasteiger partial charge in [0.15, 0.2) is 29.7 Å². The van der Waals surface area contributed by atoms with Crippen molar-refractivity contribution in [3.05, 3.63) is 130 Å². The quantitative estimate of drug-likeness (QED) is 0.181. The van der Waals surface area contributed by atoms with Crippen molar-refractivity contribution in [2.24, 2.45) is 0 Å². The van der Waals surface area contributed by atoms with Gasteiger partial charge in [0, 0.05) is 67.8 Å². The Morgan fingerprint density at radius 2 is 0.842 bits per heavy atom. The second-order valence-corrected chi connectivity index (χ2v) is 18.6. The minimum absolute atomic E-state index is 0.0201. The maximum atomic E-state index is 9.29. The Bertz CT molecular complexity index is 3450.